The first kappa shape index (κ1) is 22.9. The van der Waals surface area contributed by atoms with Gasteiger partial charge in [0, 0.05) is 18.1 Å². The summed E-state index contributed by atoms with van der Waals surface area (Å²) >= 11 is 0. The zero-order valence-electron chi connectivity index (χ0n) is 16.8. The quantitative estimate of drug-likeness (QED) is 0.343. The second-order valence-electron chi connectivity index (χ2n) is 6.60. The van der Waals surface area contributed by atoms with Crippen LogP contribution in [0.15, 0.2) is 71.2 Å². The van der Waals surface area contributed by atoms with Crippen molar-refractivity contribution >= 4 is 5.97 Å². The monoisotopic (exact) mass is 407 g/mol. The fourth-order valence-electron chi connectivity index (χ4n) is 2.92. The van der Waals surface area contributed by atoms with Crippen molar-refractivity contribution in [1.29, 1.82) is 0 Å². The normalized spacial score (nSPS) is 10.6. The van der Waals surface area contributed by atoms with E-state index in [4.69, 9.17) is 9.15 Å². The second-order valence-corrected chi connectivity index (χ2v) is 6.60. The Kier molecular flexibility index (Phi) is 8.88. The van der Waals surface area contributed by atoms with E-state index in [-0.39, 0.29) is 13.4 Å². The first-order valence-corrected chi connectivity index (χ1v) is 9.63. The lowest BCUT2D eigenvalue weighted by atomic mass is 10.1. The number of rotatable bonds is 9. The number of carbonyl (C=O) groups is 1. The molecule has 2 aromatic carbocycles. The van der Waals surface area contributed by atoms with Crippen molar-refractivity contribution in [2.45, 2.75) is 33.6 Å². The van der Waals surface area contributed by atoms with Crippen molar-refractivity contribution in [2.24, 2.45) is 0 Å². The third kappa shape index (κ3) is 6.62. The number of aromatic nitrogens is 1. The lowest BCUT2D eigenvalue weighted by Gasteiger charge is -2.07. The van der Waals surface area contributed by atoms with Gasteiger partial charge in [-0.2, -0.15) is 0 Å². The highest BCUT2D eigenvalue weighted by molar-refractivity contribution is 5.81. The Hall–Kier alpha value is -3.34. The number of hydrogen-bond donors (Lipinski definition) is 0. The van der Waals surface area contributed by atoms with Crippen LogP contribution in [0.1, 0.15) is 30.9 Å². The molecule has 5 nitrogen and oxygen atoms in total. The van der Waals surface area contributed by atoms with Gasteiger partial charge in [-0.1, -0.05) is 43.8 Å². The summed E-state index contributed by atoms with van der Waals surface area (Å²) < 4.78 is 16.3. The molecule has 0 spiro atoms. The van der Waals surface area contributed by atoms with Crippen LogP contribution in [0.4, 0.5) is 0 Å². The zero-order chi connectivity index (χ0) is 20.5. The van der Waals surface area contributed by atoms with Crippen molar-refractivity contribution in [3.05, 3.63) is 83.8 Å². The maximum Gasteiger partial charge on any atom is 0.330 e. The number of carbonyl (C=O) groups excluding carboxylic acids is 1. The molecule has 0 saturated heterocycles. The van der Waals surface area contributed by atoms with Crippen LogP contribution in [-0.2, 0) is 22.4 Å². The summed E-state index contributed by atoms with van der Waals surface area (Å²) in [5, 5.41) is 0. The van der Waals surface area contributed by atoms with Gasteiger partial charge in [-0.15, -0.1) is 0 Å². The van der Waals surface area contributed by atoms with Gasteiger partial charge in [-0.05, 0) is 49.6 Å². The van der Waals surface area contributed by atoms with Gasteiger partial charge < -0.3 is 13.9 Å². The number of methoxy groups -OCH3 is 1. The third-order valence-electron chi connectivity index (χ3n) is 4.47. The van der Waals surface area contributed by atoms with Gasteiger partial charge in [0.05, 0.1) is 19.4 Å². The molecule has 0 unspecified atom stereocenters. The number of allylic oxidation sites excluding steroid dienone is 1. The van der Waals surface area contributed by atoms with Gasteiger partial charge in [-0.25, -0.2) is 9.78 Å². The Bertz CT molecular complexity index is 960. The van der Waals surface area contributed by atoms with Crippen LogP contribution in [-0.4, -0.2) is 24.7 Å². The molecule has 158 valence electrons. The fourth-order valence-corrected chi connectivity index (χ4v) is 2.92. The number of esters is 1. The summed E-state index contributed by atoms with van der Waals surface area (Å²) in [6.07, 6.45) is 5.53. The molecular weight excluding hydrogens is 378 g/mol. The van der Waals surface area contributed by atoms with E-state index in [2.05, 4.69) is 9.72 Å². The molecule has 0 radical (unpaired) electrons. The summed E-state index contributed by atoms with van der Waals surface area (Å²) in [6.45, 7) is 2.45. The van der Waals surface area contributed by atoms with E-state index in [1.807, 2.05) is 67.6 Å². The SMILES string of the molecule is C.COC(=O)/C=C\CCc1cccc(OCCc2nc(-c3ccccc3)oc2C)c1. The van der Waals surface area contributed by atoms with E-state index < -0.39 is 0 Å². The minimum absolute atomic E-state index is 0. The molecule has 0 amide bonds. The van der Waals surface area contributed by atoms with Crippen LogP contribution in [0.25, 0.3) is 11.5 Å². The van der Waals surface area contributed by atoms with E-state index in [9.17, 15) is 4.79 Å². The Labute approximate surface area is 178 Å². The van der Waals surface area contributed by atoms with Gasteiger partial charge in [0.25, 0.3) is 0 Å². The molecule has 0 atom stereocenters. The van der Waals surface area contributed by atoms with E-state index >= 15 is 0 Å². The average molecular weight is 408 g/mol. The highest BCUT2D eigenvalue weighted by Gasteiger charge is 2.11. The molecule has 0 aliphatic rings. The second kappa shape index (κ2) is 11.6. The maximum atomic E-state index is 11.1. The standard InChI is InChI=1S/C24H25NO4.CH4/c1-18-22(25-24(29-18)20-11-4-3-5-12-20)15-16-28-21-13-8-10-19(17-21)9-6-7-14-23(26)27-2;/h3-5,7-8,10-14,17H,6,9,15-16H2,1-2H3;1H4/b14-7-;. The molecule has 1 heterocycles. The summed E-state index contributed by atoms with van der Waals surface area (Å²) in [5.74, 6) is 1.95. The molecule has 0 saturated carbocycles. The molecule has 0 aliphatic carbocycles. The van der Waals surface area contributed by atoms with E-state index in [1.54, 1.807) is 0 Å². The molecular formula is C25H29NO4. The fraction of sp³-hybridized carbons (Fsp3) is 0.280. The lowest BCUT2D eigenvalue weighted by Crippen LogP contribution is -2.03. The molecule has 0 aliphatic heterocycles. The number of benzene rings is 2. The van der Waals surface area contributed by atoms with Crippen molar-refractivity contribution in [3.63, 3.8) is 0 Å². The average Bonchev–Trinajstić information content (AvgIpc) is 3.12. The summed E-state index contributed by atoms with van der Waals surface area (Å²) in [6, 6.07) is 17.9. The van der Waals surface area contributed by atoms with Gasteiger partial charge >= 0.3 is 5.97 Å². The molecule has 0 bridgehead atoms. The topological polar surface area (TPSA) is 61.6 Å². The minimum atomic E-state index is -0.333. The number of nitrogens with zero attached hydrogens (tertiary/aromatic N) is 1. The number of ether oxygens (including phenoxy) is 2. The van der Waals surface area contributed by atoms with Crippen LogP contribution >= 0.6 is 0 Å². The van der Waals surface area contributed by atoms with Gasteiger partial charge in [0.2, 0.25) is 5.89 Å². The molecule has 5 heteroatoms. The first-order chi connectivity index (χ1) is 14.2. The van der Waals surface area contributed by atoms with Crippen LogP contribution < -0.4 is 4.74 Å². The van der Waals surface area contributed by atoms with E-state index in [0.29, 0.717) is 18.9 Å². The Morgan fingerprint density at radius 3 is 2.67 bits per heavy atom. The zero-order valence-corrected chi connectivity index (χ0v) is 16.8. The predicted octanol–water partition coefficient (Wildman–Crippen LogP) is 5.57. The highest BCUT2D eigenvalue weighted by Crippen LogP contribution is 2.22. The van der Waals surface area contributed by atoms with Crippen molar-refractivity contribution < 1.29 is 18.7 Å². The maximum absolute atomic E-state index is 11.1. The van der Waals surface area contributed by atoms with E-state index in [1.165, 1.54) is 13.2 Å². The summed E-state index contributed by atoms with van der Waals surface area (Å²) in [5.41, 5.74) is 3.03. The molecule has 1 aromatic heterocycles. The van der Waals surface area contributed by atoms with Gasteiger partial charge in [-0.3, -0.25) is 0 Å². The smallest absolute Gasteiger partial charge is 0.330 e. The highest BCUT2D eigenvalue weighted by atomic mass is 16.5. The largest absolute Gasteiger partial charge is 0.493 e. The van der Waals surface area contributed by atoms with Crippen LogP contribution in [0.3, 0.4) is 0 Å². The van der Waals surface area contributed by atoms with Crippen molar-refractivity contribution in [2.75, 3.05) is 13.7 Å². The van der Waals surface area contributed by atoms with Crippen molar-refractivity contribution in [1.82, 2.24) is 4.98 Å². The van der Waals surface area contributed by atoms with Crippen LogP contribution in [0.2, 0.25) is 0 Å². The predicted molar refractivity (Wildman–Crippen MR) is 119 cm³/mol. The minimum Gasteiger partial charge on any atom is -0.493 e. The number of oxazole rings is 1. The Balaban J connectivity index is 0.00000320. The molecule has 30 heavy (non-hydrogen) atoms. The first-order valence-electron chi connectivity index (χ1n) is 9.63. The van der Waals surface area contributed by atoms with Gasteiger partial charge in [0.15, 0.2) is 0 Å². The lowest BCUT2D eigenvalue weighted by molar-refractivity contribution is -0.134. The summed E-state index contributed by atoms with van der Waals surface area (Å²) in [4.78, 5) is 15.7. The summed E-state index contributed by atoms with van der Waals surface area (Å²) in [7, 11) is 1.37. The molecule has 0 fully saturated rings. The molecule has 3 aromatic rings. The number of hydrogen-bond acceptors (Lipinski definition) is 5. The molecule has 3 rings (SSSR count). The van der Waals surface area contributed by atoms with Crippen LogP contribution in [0.5, 0.6) is 5.75 Å². The van der Waals surface area contributed by atoms with E-state index in [0.717, 1.165) is 41.2 Å². The Morgan fingerprint density at radius 1 is 1.10 bits per heavy atom. The van der Waals surface area contributed by atoms with Crippen molar-refractivity contribution in [3.8, 4) is 17.2 Å². The number of aryl methyl sites for hydroxylation is 2. The third-order valence-corrected chi connectivity index (χ3v) is 4.47. The van der Waals surface area contributed by atoms with Gasteiger partial charge in [0.1, 0.15) is 11.5 Å². The Morgan fingerprint density at radius 2 is 1.90 bits per heavy atom. The van der Waals surface area contributed by atoms with Crippen LogP contribution in [0, 0.1) is 6.92 Å². The molecule has 0 N–H and O–H groups in total.